The number of nitrogens with one attached hydrogen (secondary N) is 1. The Balaban J connectivity index is 2.54. The molecule has 0 saturated heterocycles. The number of rotatable bonds is 6. The molecule has 0 aromatic heterocycles. The lowest BCUT2D eigenvalue weighted by Gasteiger charge is -2.10. The molecule has 0 heterocycles. The molecule has 18 heavy (non-hydrogen) atoms. The van der Waals surface area contributed by atoms with Gasteiger partial charge in [-0.3, -0.25) is 4.79 Å². The molecule has 0 atom stereocenters. The van der Waals surface area contributed by atoms with Crippen molar-refractivity contribution in [3.63, 3.8) is 0 Å². The lowest BCUT2D eigenvalue weighted by Crippen LogP contribution is -2.39. The summed E-state index contributed by atoms with van der Waals surface area (Å²) in [6.07, 6.45) is 4.07. The van der Waals surface area contributed by atoms with Gasteiger partial charge in [0.05, 0.1) is 19.3 Å². The normalized spacial score (nSPS) is 11.1. The lowest BCUT2D eigenvalue weighted by atomic mass is 10.1. The molecule has 0 saturated carbocycles. The number of hydrogen-bond acceptors (Lipinski definition) is 3. The molecular formula is C14H19NO3. The van der Waals surface area contributed by atoms with Gasteiger partial charge in [-0.1, -0.05) is 31.2 Å². The van der Waals surface area contributed by atoms with Crippen LogP contribution in [0.1, 0.15) is 18.1 Å². The van der Waals surface area contributed by atoms with E-state index in [1.807, 2.05) is 24.3 Å². The molecule has 3 N–H and O–H groups in total. The van der Waals surface area contributed by atoms with Crippen molar-refractivity contribution in [1.82, 2.24) is 5.32 Å². The summed E-state index contributed by atoms with van der Waals surface area (Å²) in [6, 6.07) is 7.31. The number of aryl methyl sites for hydroxylation is 1. The Labute approximate surface area is 107 Å². The second-order valence-electron chi connectivity index (χ2n) is 4.00. The van der Waals surface area contributed by atoms with Crippen LogP contribution in [0.5, 0.6) is 0 Å². The third-order valence-corrected chi connectivity index (χ3v) is 2.60. The summed E-state index contributed by atoms with van der Waals surface area (Å²) in [7, 11) is 0. The summed E-state index contributed by atoms with van der Waals surface area (Å²) in [6.45, 7) is 1.53. The first-order valence-electron chi connectivity index (χ1n) is 5.98. The third-order valence-electron chi connectivity index (χ3n) is 2.60. The number of amides is 1. The maximum atomic E-state index is 11.4. The van der Waals surface area contributed by atoms with E-state index in [2.05, 4.69) is 12.2 Å². The topological polar surface area (TPSA) is 69.6 Å². The monoisotopic (exact) mass is 249 g/mol. The van der Waals surface area contributed by atoms with E-state index in [4.69, 9.17) is 10.2 Å². The van der Waals surface area contributed by atoms with Crippen LogP contribution < -0.4 is 5.32 Å². The van der Waals surface area contributed by atoms with Gasteiger partial charge in [0.1, 0.15) is 0 Å². The highest BCUT2D eigenvalue weighted by Gasteiger charge is 2.06. The highest BCUT2D eigenvalue weighted by atomic mass is 16.3. The molecule has 1 aromatic rings. The molecule has 0 unspecified atom stereocenters. The van der Waals surface area contributed by atoms with Crippen LogP contribution in [0.4, 0.5) is 0 Å². The Bertz CT molecular complexity index is 394. The van der Waals surface area contributed by atoms with E-state index in [9.17, 15) is 4.79 Å². The summed E-state index contributed by atoms with van der Waals surface area (Å²) >= 11 is 0. The average Bonchev–Trinajstić information content (AvgIpc) is 2.43. The van der Waals surface area contributed by atoms with Gasteiger partial charge < -0.3 is 15.5 Å². The van der Waals surface area contributed by atoms with E-state index in [0.29, 0.717) is 0 Å². The molecule has 0 aliphatic carbocycles. The van der Waals surface area contributed by atoms with Gasteiger partial charge >= 0.3 is 0 Å². The highest BCUT2D eigenvalue weighted by molar-refractivity contribution is 5.91. The standard InChI is InChI=1S/C14H19NO3/c1-2-11-3-5-12(6-4-11)7-8-14(18)15-13(9-16)10-17/h3-8,13,16-17H,2,9-10H2,1H3,(H,15,18). The second-order valence-corrected chi connectivity index (χ2v) is 4.00. The van der Waals surface area contributed by atoms with Crippen molar-refractivity contribution in [1.29, 1.82) is 0 Å². The van der Waals surface area contributed by atoms with E-state index < -0.39 is 6.04 Å². The van der Waals surface area contributed by atoms with Crippen LogP contribution in [-0.2, 0) is 11.2 Å². The van der Waals surface area contributed by atoms with Crippen LogP contribution in [0.25, 0.3) is 6.08 Å². The first-order valence-corrected chi connectivity index (χ1v) is 5.98. The molecule has 0 aliphatic rings. The highest BCUT2D eigenvalue weighted by Crippen LogP contribution is 2.06. The number of aliphatic hydroxyl groups is 2. The molecule has 98 valence electrons. The number of carbonyl (C=O) groups excluding carboxylic acids is 1. The Morgan fingerprint density at radius 3 is 2.39 bits per heavy atom. The van der Waals surface area contributed by atoms with Gasteiger partial charge in [0.15, 0.2) is 0 Å². The Kier molecular flexibility index (Phi) is 6.11. The largest absolute Gasteiger partial charge is 0.394 e. The van der Waals surface area contributed by atoms with E-state index in [0.717, 1.165) is 12.0 Å². The Morgan fingerprint density at radius 2 is 1.89 bits per heavy atom. The summed E-state index contributed by atoms with van der Waals surface area (Å²) in [5, 5.41) is 20.1. The van der Waals surface area contributed by atoms with Gasteiger partial charge in [-0.15, -0.1) is 0 Å². The zero-order valence-electron chi connectivity index (χ0n) is 10.5. The molecule has 0 bridgehead atoms. The van der Waals surface area contributed by atoms with E-state index in [-0.39, 0.29) is 19.1 Å². The molecule has 1 amide bonds. The van der Waals surface area contributed by atoms with Crippen molar-refractivity contribution in [2.45, 2.75) is 19.4 Å². The molecule has 4 nitrogen and oxygen atoms in total. The predicted molar refractivity (Wildman–Crippen MR) is 71.0 cm³/mol. The SMILES string of the molecule is CCc1ccc(C=CC(=O)NC(CO)CO)cc1. The van der Waals surface area contributed by atoms with Gasteiger partial charge in [-0.2, -0.15) is 0 Å². The fourth-order valence-corrected chi connectivity index (χ4v) is 1.43. The van der Waals surface area contributed by atoms with Crippen molar-refractivity contribution in [2.75, 3.05) is 13.2 Å². The number of carbonyl (C=O) groups is 1. The van der Waals surface area contributed by atoms with Gasteiger partial charge in [0.25, 0.3) is 0 Å². The Hall–Kier alpha value is -1.65. The van der Waals surface area contributed by atoms with Crippen LogP contribution in [0.2, 0.25) is 0 Å². The number of aliphatic hydroxyl groups excluding tert-OH is 2. The van der Waals surface area contributed by atoms with Crippen LogP contribution in [0, 0.1) is 0 Å². The molecular weight excluding hydrogens is 230 g/mol. The van der Waals surface area contributed by atoms with Crippen LogP contribution in [0.3, 0.4) is 0 Å². The average molecular weight is 249 g/mol. The summed E-state index contributed by atoms with van der Waals surface area (Å²) < 4.78 is 0. The number of hydrogen-bond donors (Lipinski definition) is 3. The van der Waals surface area contributed by atoms with Crippen LogP contribution in [-0.4, -0.2) is 35.4 Å². The van der Waals surface area contributed by atoms with Crippen molar-refractivity contribution in [3.8, 4) is 0 Å². The van der Waals surface area contributed by atoms with E-state index in [1.54, 1.807) is 6.08 Å². The fraction of sp³-hybridized carbons (Fsp3) is 0.357. The zero-order valence-corrected chi connectivity index (χ0v) is 10.5. The van der Waals surface area contributed by atoms with Gasteiger partial charge in [-0.05, 0) is 23.6 Å². The first kappa shape index (κ1) is 14.4. The third kappa shape index (κ3) is 4.69. The van der Waals surface area contributed by atoms with Crippen LogP contribution >= 0.6 is 0 Å². The minimum atomic E-state index is -0.607. The fourth-order valence-electron chi connectivity index (χ4n) is 1.43. The van der Waals surface area contributed by atoms with Crippen LogP contribution in [0.15, 0.2) is 30.3 Å². The molecule has 0 radical (unpaired) electrons. The van der Waals surface area contributed by atoms with E-state index >= 15 is 0 Å². The first-order chi connectivity index (χ1) is 8.69. The Morgan fingerprint density at radius 1 is 1.28 bits per heavy atom. The maximum Gasteiger partial charge on any atom is 0.244 e. The molecule has 0 fully saturated rings. The van der Waals surface area contributed by atoms with Gasteiger partial charge in [-0.25, -0.2) is 0 Å². The minimum absolute atomic E-state index is 0.277. The van der Waals surface area contributed by atoms with Crippen molar-refractivity contribution < 1.29 is 15.0 Å². The van der Waals surface area contributed by atoms with Crippen molar-refractivity contribution >= 4 is 12.0 Å². The second kappa shape index (κ2) is 7.63. The van der Waals surface area contributed by atoms with Crippen molar-refractivity contribution in [3.05, 3.63) is 41.5 Å². The summed E-state index contributed by atoms with van der Waals surface area (Å²) in [5.41, 5.74) is 2.18. The quantitative estimate of drug-likeness (QED) is 0.651. The van der Waals surface area contributed by atoms with Gasteiger partial charge in [0, 0.05) is 6.08 Å². The molecule has 0 spiro atoms. The maximum absolute atomic E-state index is 11.4. The van der Waals surface area contributed by atoms with Gasteiger partial charge in [0.2, 0.25) is 5.91 Å². The lowest BCUT2D eigenvalue weighted by molar-refractivity contribution is -0.117. The molecule has 1 rings (SSSR count). The van der Waals surface area contributed by atoms with Crippen molar-refractivity contribution in [2.24, 2.45) is 0 Å². The molecule has 4 heteroatoms. The minimum Gasteiger partial charge on any atom is -0.394 e. The predicted octanol–water partition coefficient (Wildman–Crippen LogP) is 0.732. The van der Waals surface area contributed by atoms with E-state index in [1.165, 1.54) is 11.6 Å². The molecule has 1 aromatic carbocycles. The molecule has 0 aliphatic heterocycles. The summed E-state index contributed by atoms with van der Waals surface area (Å²) in [4.78, 5) is 11.4. The zero-order chi connectivity index (χ0) is 13.4. The summed E-state index contributed by atoms with van der Waals surface area (Å²) in [5.74, 6) is -0.331. The smallest absolute Gasteiger partial charge is 0.244 e. The number of benzene rings is 1.